The van der Waals surface area contributed by atoms with Crippen LogP contribution in [0, 0.1) is 6.92 Å². The van der Waals surface area contributed by atoms with E-state index in [9.17, 15) is 4.79 Å². The second-order valence-electron chi connectivity index (χ2n) is 6.78. The van der Waals surface area contributed by atoms with Crippen LogP contribution in [0.4, 0.5) is 10.5 Å². The molecule has 2 amide bonds. The molecule has 0 unspecified atom stereocenters. The van der Waals surface area contributed by atoms with Crippen molar-refractivity contribution in [2.45, 2.75) is 25.7 Å². The lowest BCUT2D eigenvalue weighted by molar-refractivity contribution is 0.184. The van der Waals surface area contributed by atoms with Gasteiger partial charge in [-0.15, -0.1) is 0 Å². The Labute approximate surface area is 162 Å². The number of likely N-dealkylation sites (tertiary alicyclic amines) is 1. The fourth-order valence-corrected chi connectivity index (χ4v) is 3.36. The predicted octanol–water partition coefficient (Wildman–Crippen LogP) is 4.06. The van der Waals surface area contributed by atoms with Gasteiger partial charge in [-0.1, -0.05) is 17.3 Å². The molecule has 0 radical (unpaired) electrons. The topological polar surface area (TPSA) is 93.6 Å². The van der Waals surface area contributed by atoms with Gasteiger partial charge in [0, 0.05) is 13.1 Å². The van der Waals surface area contributed by atoms with Crippen molar-refractivity contribution in [2.75, 3.05) is 25.5 Å². The van der Waals surface area contributed by atoms with Crippen molar-refractivity contribution in [3.8, 4) is 17.3 Å². The third-order valence-electron chi connectivity index (χ3n) is 4.81. The molecule has 2 aromatic heterocycles. The average Bonchev–Trinajstić information content (AvgIpc) is 3.37. The van der Waals surface area contributed by atoms with Crippen LogP contribution in [0.15, 0.2) is 45.3 Å². The van der Waals surface area contributed by atoms with Crippen LogP contribution in [-0.4, -0.2) is 41.3 Å². The van der Waals surface area contributed by atoms with Crippen LogP contribution < -0.4 is 10.1 Å². The first-order chi connectivity index (χ1) is 13.6. The first kappa shape index (κ1) is 18.1. The molecule has 8 heteroatoms. The Hall–Kier alpha value is -3.29. The Morgan fingerprint density at radius 2 is 2.14 bits per heavy atom. The molecular weight excluding hydrogens is 360 g/mol. The van der Waals surface area contributed by atoms with E-state index in [-0.39, 0.29) is 11.9 Å². The van der Waals surface area contributed by atoms with Crippen LogP contribution in [-0.2, 0) is 0 Å². The molecule has 3 aromatic rings. The number of aryl methyl sites for hydroxylation is 1. The third-order valence-corrected chi connectivity index (χ3v) is 4.81. The van der Waals surface area contributed by atoms with Gasteiger partial charge in [-0.05, 0) is 44.0 Å². The number of urea groups is 1. The number of hydrogen-bond donors (Lipinski definition) is 1. The summed E-state index contributed by atoms with van der Waals surface area (Å²) < 4.78 is 16.3. The highest BCUT2D eigenvalue weighted by Gasteiger charge is 2.29. The summed E-state index contributed by atoms with van der Waals surface area (Å²) in [6.07, 6.45) is 1.75. The third kappa shape index (κ3) is 3.71. The number of aromatic nitrogens is 2. The number of para-hydroxylation sites is 2. The molecule has 4 rings (SSSR count). The van der Waals surface area contributed by atoms with E-state index in [1.807, 2.05) is 43.3 Å². The molecule has 1 aliphatic rings. The minimum Gasteiger partial charge on any atom is -0.495 e. The Balaban J connectivity index is 1.44. The Kier molecular flexibility index (Phi) is 5.01. The number of benzene rings is 1. The smallest absolute Gasteiger partial charge is 0.321 e. The first-order valence-electron chi connectivity index (χ1n) is 9.23. The van der Waals surface area contributed by atoms with Gasteiger partial charge in [0.05, 0.1) is 18.7 Å². The summed E-state index contributed by atoms with van der Waals surface area (Å²) >= 11 is 0. The van der Waals surface area contributed by atoms with Crippen LogP contribution >= 0.6 is 0 Å². The van der Waals surface area contributed by atoms with Gasteiger partial charge in [0.1, 0.15) is 11.5 Å². The SMILES string of the molecule is COc1ccccc1NC(=O)N1CCC[C@@H](c2nc(-c3ccc(C)o3)no2)C1. The van der Waals surface area contributed by atoms with Gasteiger partial charge in [0.15, 0.2) is 5.76 Å². The van der Waals surface area contributed by atoms with Crippen molar-refractivity contribution in [3.63, 3.8) is 0 Å². The number of nitrogens with zero attached hydrogens (tertiary/aromatic N) is 3. The van der Waals surface area contributed by atoms with Gasteiger partial charge in [-0.2, -0.15) is 4.98 Å². The summed E-state index contributed by atoms with van der Waals surface area (Å²) in [5.74, 6) is 2.94. The van der Waals surface area contributed by atoms with Crippen molar-refractivity contribution in [1.82, 2.24) is 15.0 Å². The van der Waals surface area contributed by atoms with E-state index in [0.717, 1.165) is 18.6 Å². The lowest BCUT2D eigenvalue weighted by Gasteiger charge is -2.31. The summed E-state index contributed by atoms with van der Waals surface area (Å²) in [6, 6.07) is 10.8. The molecule has 1 saturated heterocycles. The molecule has 28 heavy (non-hydrogen) atoms. The molecule has 0 bridgehead atoms. The maximum Gasteiger partial charge on any atom is 0.321 e. The van der Waals surface area contributed by atoms with Crippen LogP contribution in [0.5, 0.6) is 5.75 Å². The van der Waals surface area contributed by atoms with Gasteiger partial charge in [0.2, 0.25) is 11.7 Å². The maximum absolute atomic E-state index is 12.7. The van der Waals surface area contributed by atoms with Crippen molar-refractivity contribution in [2.24, 2.45) is 0 Å². The standard InChI is InChI=1S/C20H22N4O4/c1-13-9-10-17(27-13)18-22-19(28-23-18)14-6-5-11-24(12-14)20(25)21-15-7-3-4-8-16(15)26-2/h3-4,7-10,14H,5-6,11-12H2,1-2H3,(H,21,25)/t14-/m1/s1. The molecule has 0 aliphatic carbocycles. The quantitative estimate of drug-likeness (QED) is 0.731. The summed E-state index contributed by atoms with van der Waals surface area (Å²) in [5.41, 5.74) is 0.644. The molecule has 146 valence electrons. The van der Waals surface area contributed by atoms with E-state index in [1.165, 1.54) is 0 Å². The number of hydrogen-bond acceptors (Lipinski definition) is 6. The Morgan fingerprint density at radius 1 is 1.29 bits per heavy atom. The summed E-state index contributed by atoms with van der Waals surface area (Å²) in [7, 11) is 1.58. The molecule has 0 spiro atoms. The van der Waals surface area contributed by atoms with E-state index in [4.69, 9.17) is 13.7 Å². The number of anilines is 1. The molecular formula is C20H22N4O4. The second-order valence-corrected chi connectivity index (χ2v) is 6.78. The minimum atomic E-state index is -0.171. The maximum atomic E-state index is 12.7. The van der Waals surface area contributed by atoms with E-state index in [1.54, 1.807) is 12.0 Å². The summed E-state index contributed by atoms with van der Waals surface area (Å²) in [6.45, 7) is 3.06. The molecule has 8 nitrogen and oxygen atoms in total. The van der Waals surface area contributed by atoms with Crippen molar-refractivity contribution in [1.29, 1.82) is 0 Å². The lowest BCUT2D eigenvalue weighted by Crippen LogP contribution is -2.41. The average molecular weight is 382 g/mol. The fraction of sp³-hybridized carbons (Fsp3) is 0.350. The monoisotopic (exact) mass is 382 g/mol. The van der Waals surface area contributed by atoms with Gasteiger partial charge in [-0.3, -0.25) is 0 Å². The molecule has 1 atom stereocenters. The van der Waals surface area contributed by atoms with Crippen molar-refractivity contribution >= 4 is 11.7 Å². The minimum absolute atomic E-state index is 0.00511. The number of amides is 2. The zero-order valence-corrected chi connectivity index (χ0v) is 15.8. The van der Waals surface area contributed by atoms with Crippen molar-refractivity contribution in [3.05, 3.63) is 48.0 Å². The Bertz CT molecular complexity index is 965. The number of carbonyl (C=O) groups is 1. The lowest BCUT2D eigenvalue weighted by atomic mass is 9.98. The highest BCUT2D eigenvalue weighted by atomic mass is 16.5. The summed E-state index contributed by atoms with van der Waals surface area (Å²) in [5, 5.41) is 6.94. The molecule has 1 aliphatic heterocycles. The van der Waals surface area contributed by atoms with Crippen molar-refractivity contribution < 1.29 is 18.5 Å². The molecule has 3 heterocycles. The van der Waals surface area contributed by atoms with E-state index < -0.39 is 0 Å². The van der Waals surface area contributed by atoms with Crippen LogP contribution in [0.25, 0.3) is 11.6 Å². The van der Waals surface area contributed by atoms with Crippen LogP contribution in [0.3, 0.4) is 0 Å². The second kappa shape index (κ2) is 7.75. The number of ether oxygens (including phenoxy) is 1. The number of furan rings is 1. The summed E-state index contributed by atoms with van der Waals surface area (Å²) in [4.78, 5) is 19.0. The van der Waals surface area contributed by atoms with Gasteiger partial charge in [0.25, 0.3) is 0 Å². The van der Waals surface area contributed by atoms with Gasteiger partial charge < -0.3 is 23.9 Å². The number of methoxy groups -OCH3 is 1. The van der Waals surface area contributed by atoms with Gasteiger partial charge >= 0.3 is 6.03 Å². The van der Waals surface area contributed by atoms with Crippen LogP contribution in [0.2, 0.25) is 0 Å². The van der Waals surface area contributed by atoms with Crippen LogP contribution in [0.1, 0.15) is 30.4 Å². The number of piperidine rings is 1. The zero-order chi connectivity index (χ0) is 19.5. The number of nitrogens with one attached hydrogen (secondary N) is 1. The Morgan fingerprint density at radius 3 is 2.93 bits per heavy atom. The molecule has 1 fully saturated rings. The number of carbonyl (C=O) groups excluding carboxylic acids is 1. The fourth-order valence-electron chi connectivity index (χ4n) is 3.36. The van der Waals surface area contributed by atoms with E-state index >= 15 is 0 Å². The first-order valence-corrected chi connectivity index (χ1v) is 9.23. The predicted molar refractivity (Wildman–Crippen MR) is 102 cm³/mol. The van der Waals surface area contributed by atoms with Gasteiger partial charge in [-0.25, -0.2) is 4.79 Å². The zero-order valence-electron chi connectivity index (χ0n) is 15.8. The number of rotatable bonds is 4. The van der Waals surface area contributed by atoms with E-state index in [0.29, 0.717) is 42.0 Å². The highest BCUT2D eigenvalue weighted by Crippen LogP contribution is 2.29. The highest BCUT2D eigenvalue weighted by molar-refractivity contribution is 5.91. The molecule has 1 aromatic carbocycles. The normalized spacial score (nSPS) is 16.8. The largest absolute Gasteiger partial charge is 0.495 e. The molecule has 0 saturated carbocycles. The van der Waals surface area contributed by atoms with E-state index in [2.05, 4.69) is 15.5 Å². The molecule has 1 N–H and O–H groups in total.